The summed E-state index contributed by atoms with van der Waals surface area (Å²) in [5.41, 5.74) is 1.15. The molecule has 1 aliphatic rings. The highest BCUT2D eigenvalue weighted by molar-refractivity contribution is 5.56. The van der Waals surface area contributed by atoms with Crippen molar-refractivity contribution in [2.45, 2.75) is 52.0 Å². The zero-order valence-corrected chi connectivity index (χ0v) is 11.6. The van der Waals surface area contributed by atoms with Crippen molar-refractivity contribution in [2.24, 2.45) is 5.92 Å². The summed E-state index contributed by atoms with van der Waals surface area (Å²) < 4.78 is 5.66. The van der Waals surface area contributed by atoms with Gasteiger partial charge in [-0.1, -0.05) is 25.5 Å². The molecule has 2 heteroatoms. The third-order valence-corrected chi connectivity index (χ3v) is 3.97. The number of hydrogen-bond donors (Lipinski definition) is 1. The van der Waals surface area contributed by atoms with Gasteiger partial charge in [0.15, 0.2) is 0 Å². The molecule has 0 saturated heterocycles. The number of nitrogens with one attached hydrogen (secondary N) is 1. The first-order chi connectivity index (χ1) is 8.83. The summed E-state index contributed by atoms with van der Waals surface area (Å²) in [5.74, 6) is 1.93. The number of rotatable bonds is 5. The monoisotopic (exact) mass is 247 g/mol. The summed E-state index contributed by atoms with van der Waals surface area (Å²) in [6.45, 7) is 5.06. The van der Waals surface area contributed by atoms with Gasteiger partial charge in [0.05, 0.1) is 12.3 Å². The zero-order chi connectivity index (χ0) is 12.8. The second kappa shape index (κ2) is 6.67. The normalized spacial score (nSPS) is 23.7. The van der Waals surface area contributed by atoms with Crippen molar-refractivity contribution in [3.63, 3.8) is 0 Å². The minimum atomic E-state index is 0.620. The Morgan fingerprint density at radius 1 is 1.11 bits per heavy atom. The molecule has 0 bridgehead atoms. The SMILES string of the molecule is CCOc1ccccc1NC1CCC(CC)CC1. The third kappa shape index (κ3) is 3.41. The van der Waals surface area contributed by atoms with Crippen molar-refractivity contribution in [1.29, 1.82) is 0 Å². The van der Waals surface area contributed by atoms with Crippen LogP contribution in [0.5, 0.6) is 5.75 Å². The van der Waals surface area contributed by atoms with Crippen LogP contribution in [-0.4, -0.2) is 12.6 Å². The van der Waals surface area contributed by atoms with Crippen LogP contribution in [0.15, 0.2) is 24.3 Å². The van der Waals surface area contributed by atoms with Gasteiger partial charge in [0.1, 0.15) is 5.75 Å². The van der Waals surface area contributed by atoms with E-state index in [-0.39, 0.29) is 0 Å². The summed E-state index contributed by atoms with van der Waals surface area (Å²) in [5, 5.41) is 3.65. The Hall–Kier alpha value is -1.18. The second-order valence-corrected chi connectivity index (χ2v) is 5.20. The predicted octanol–water partition coefficient (Wildman–Crippen LogP) is 4.47. The van der Waals surface area contributed by atoms with Crippen LogP contribution in [0.4, 0.5) is 5.69 Å². The van der Waals surface area contributed by atoms with E-state index in [1.807, 2.05) is 19.1 Å². The molecule has 0 aromatic heterocycles. The molecule has 2 nitrogen and oxygen atoms in total. The van der Waals surface area contributed by atoms with Crippen LogP contribution in [-0.2, 0) is 0 Å². The molecule has 0 amide bonds. The molecule has 1 aliphatic carbocycles. The molecule has 2 rings (SSSR count). The van der Waals surface area contributed by atoms with E-state index in [0.29, 0.717) is 6.04 Å². The molecule has 0 spiro atoms. The maximum absolute atomic E-state index is 5.66. The minimum absolute atomic E-state index is 0.620. The van der Waals surface area contributed by atoms with Gasteiger partial charge in [-0.3, -0.25) is 0 Å². The molecular weight excluding hydrogens is 222 g/mol. The van der Waals surface area contributed by atoms with E-state index in [2.05, 4.69) is 24.4 Å². The zero-order valence-electron chi connectivity index (χ0n) is 11.6. The highest BCUT2D eigenvalue weighted by Gasteiger charge is 2.20. The van der Waals surface area contributed by atoms with Gasteiger partial charge in [0.2, 0.25) is 0 Å². The number of para-hydroxylation sites is 2. The molecular formula is C16H25NO. The van der Waals surface area contributed by atoms with Crippen LogP contribution in [0, 0.1) is 5.92 Å². The highest BCUT2D eigenvalue weighted by Crippen LogP contribution is 2.31. The quantitative estimate of drug-likeness (QED) is 0.829. The molecule has 0 atom stereocenters. The Kier molecular flexibility index (Phi) is 4.91. The van der Waals surface area contributed by atoms with Crippen LogP contribution in [0.25, 0.3) is 0 Å². The molecule has 0 radical (unpaired) electrons. The molecule has 1 aromatic carbocycles. The van der Waals surface area contributed by atoms with E-state index in [9.17, 15) is 0 Å². The Balaban J connectivity index is 1.93. The van der Waals surface area contributed by atoms with Crippen LogP contribution in [0.2, 0.25) is 0 Å². The van der Waals surface area contributed by atoms with E-state index in [4.69, 9.17) is 4.74 Å². The van der Waals surface area contributed by atoms with Crippen molar-refractivity contribution < 1.29 is 4.74 Å². The lowest BCUT2D eigenvalue weighted by Gasteiger charge is -2.29. The number of hydrogen-bond acceptors (Lipinski definition) is 2. The van der Waals surface area contributed by atoms with E-state index >= 15 is 0 Å². The predicted molar refractivity (Wildman–Crippen MR) is 77.3 cm³/mol. The number of anilines is 1. The van der Waals surface area contributed by atoms with Gasteiger partial charge >= 0.3 is 0 Å². The molecule has 1 fully saturated rings. The summed E-state index contributed by atoms with van der Waals surface area (Å²) in [6.07, 6.45) is 6.65. The fraction of sp³-hybridized carbons (Fsp3) is 0.625. The first-order valence-corrected chi connectivity index (χ1v) is 7.31. The summed E-state index contributed by atoms with van der Waals surface area (Å²) >= 11 is 0. The summed E-state index contributed by atoms with van der Waals surface area (Å²) in [4.78, 5) is 0. The average molecular weight is 247 g/mol. The molecule has 1 saturated carbocycles. The summed E-state index contributed by atoms with van der Waals surface area (Å²) in [6, 6.07) is 8.89. The number of benzene rings is 1. The van der Waals surface area contributed by atoms with E-state index in [1.165, 1.54) is 32.1 Å². The average Bonchev–Trinajstić information content (AvgIpc) is 2.42. The largest absolute Gasteiger partial charge is 0.492 e. The van der Waals surface area contributed by atoms with Gasteiger partial charge in [-0.15, -0.1) is 0 Å². The van der Waals surface area contributed by atoms with Gasteiger partial charge in [0.25, 0.3) is 0 Å². The Morgan fingerprint density at radius 3 is 2.50 bits per heavy atom. The molecule has 18 heavy (non-hydrogen) atoms. The minimum Gasteiger partial charge on any atom is -0.492 e. The van der Waals surface area contributed by atoms with Gasteiger partial charge in [-0.2, -0.15) is 0 Å². The van der Waals surface area contributed by atoms with Gasteiger partial charge in [-0.05, 0) is 50.7 Å². The standard InChI is InChI=1S/C16H25NO/c1-3-13-9-11-14(12-10-13)17-15-7-5-6-8-16(15)18-4-2/h5-8,13-14,17H,3-4,9-12H2,1-2H3. The fourth-order valence-electron chi connectivity index (χ4n) is 2.80. The lowest BCUT2D eigenvalue weighted by Crippen LogP contribution is -2.26. The van der Waals surface area contributed by atoms with Crippen LogP contribution >= 0.6 is 0 Å². The van der Waals surface area contributed by atoms with Crippen LogP contribution in [0.3, 0.4) is 0 Å². The summed E-state index contributed by atoms with van der Waals surface area (Å²) in [7, 11) is 0. The van der Waals surface area contributed by atoms with Crippen molar-refractivity contribution >= 4 is 5.69 Å². The van der Waals surface area contributed by atoms with Gasteiger partial charge < -0.3 is 10.1 Å². The first kappa shape index (κ1) is 13.3. The Bertz CT molecular complexity index is 356. The number of ether oxygens (including phenoxy) is 1. The van der Waals surface area contributed by atoms with Crippen LogP contribution < -0.4 is 10.1 Å². The Morgan fingerprint density at radius 2 is 1.83 bits per heavy atom. The molecule has 1 aromatic rings. The third-order valence-electron chi connectivity index (χ3n) is 3.97. The highest BCUT2D eigenvalue weighted by atomic mass is 16.5. The molecule has 0 unspecified atom stereocenters. The second-order valence-electron chi connectivity index (χ2n) is 5.20. The van der Waals surface area contributed by atoms with Crippen molar-refractivity contribution in [1.82, 2.24) is 0 Å². The molecule has 0 aliphatic heterocycles. The van der Waals surface area contributed by atoms with Gasteiger partial charge in [-0.25, -0.2) is 0 Å². The smallest absolute Gasteiger partial charge is 0.142 e. The topological polar surface area (TPSA) is 21.3 Å². The lowest BCUT2D eigenvalue weighted by molar-refractivity contribution is 0.325. The van der Waals surface area contributed by atoms with Crippen molar-refractivity contribution in [2.75, 3.05) is 11.9 Å². The van der Waals surface area contributed by atoms with E-state index in [1.54, 1.807) is 0 Å². The van der Waals surface area contributed by atoms with E-state index in [0.717, 1.165) is 24.0 Å². The van der Waals surface area contributed by atoms with E-state index < -0.39 is 0 Å². The fourth-order valence-corrected chi connectivity index (χ4v) is 2.80. The molecule has 100 valence electrons. The molecule has 1 N–H and O–H groups in total. The molecule has 0 heterocycles. The maximum atomic E-state index is 5.66. The Labute approximate surface area is 111 Å². The first-order valence-electron chi connectivity index (χ1n) is 7.31. The lowest BCUT2D eigenvalue weighted by atomic mass is 9.84. The van der Waals surface area contributed by atoms with Crippen LogP contribution in [0.1, 0.15) is 46.0 Å². The maximum Gasteiger partial charge on any atom is 0.142 e. The van der Waals surface area contributed by atoms with Crippen molar-refractivity contribution in [3.05, 3.63) is 24.3 Å². The van der Waals surface area contributed by atoms with Gasteiger partial charge in [0, 0.05) is 6.04 Å². The van der Waals surface area contributed by atoms with Crippen molar-refractivity contribution in [3.8, 4) is 5.75 Å².